The summed E-state index contributed by atoms with van der Waals surface area (Å²) in [6.45, 7) is 0. The summed E-state index contributed by atoms with van der Waals surface area (Å²) in [7, 11) is 8.42. The molecule has 0 N–H and O–H groups in total. The van der Waals surface area contributed by atoms with Crippen LogP contribution in [0.3, 0.4) is 0 Å². The van der Waals surface area contributed by atoms with Gasteiger partial charge in [-0.15, -0.1) is 0 Å². The Morgan fingerprint density at radius 2 is 1.32 bits per heavy atom. The molecule has 0 aliphatic heterocycles. The van der Waals surface area contributed by atoms with Crippen LogP contribution in [-0.2, 0) is 0 Å². The molecule has 1 aliphatic carbocycles. The van der Waals surface area contributed by atoms with Crippen molar-refractivity contribution in [2.75, 3.05) is 33.1 Å². The monoisotopic (exact) mass is 332 g/mol. The van der Waals surface area contributed by atoms with E-state index in [1.807, 2.05) is 0 Å². The van der Waals surface area contributed by atoms with E-state index >= 15 is 0 Å². The summed E-state index contributed by atoms with van der Waals surface area (Å²) in [4.78, 5) is 4.37. The van der Waals surface area contributed by atoms with Crippen molar-refractivity contribution < 1.29 is 0 Å². The highest BCUT2D eigenvalue weighted by molar-refractivity contribution is 5.50. The van der Waals surface area contributed by atoms with Gasteiger partial charge < -0.3 is 9.80 Å². The van der Waals surface area contributed by atoms with Gasteiger partial charge in [-0.1, -0.05) is 54.1 Å². The number of nitrogens with zero attached hydrogens (tertiary/aromatic N) is 2. The van der Waals surface area contributed by atoms with Gasteiger partial charge in [0.1, 0.15) is 0 Å². The number of anilines is 1. The van der Waals surface area contributed by atoms with Crippen LogP contribution < -0.4 is 4.90 Å². The molecule has 25 heavy (non-hydrogen) atoms. The molecule has 1 aliphatic rings. The standard InChI is InChI=1S/C23H28N2/c1-24(2)21-14-10-19(11-15-21)23(18-8-6-5-7-9-18)20-12-16-22(17-13-20)25(3)4/h5-12,14-16,23H,13,17H2,1-4H3. The second kappa shape index (κ2) is 7.60. The van der Waals surface area contributed by atoms with Crippen molar-refractivity contribution in [3.63, 3.8) is 0 Å². The quantitative estimate of drug-likeness (QED) is 0.756. The van der Waals surface area contributed by atoms with Crippen molar-refractivity contribution in [1.29, 1.82) is 0 Å². The van der Waals surface area contributed by atoms with E-state index in [2.05, 4.69) is 105 Å². The molecule has 0 amide bonds. The molecule has 0 spiro atoms. The Balaban J connectivity index is 2.00. The summed E-state index contributed by atoms with van der Waals surface area (Å²) in [6.07, 6.45) is 6.83. The molecule has 0 fully saturated rings. The summed E-state index contributed by atoms with van der Waals surface area (Å²) in [6, 6.07) is 19.9. The Kier molecular flexibility index (Phi) is 5.28. The number of hydrogen-bond acceptors (Lipinski definition) is 2. The van der Waals surface area contributed by atoms with E-state index in [1.54, 1.807) is 0 Å². The van der Waals surface area contributed by atoms with E-state index in [-0.39, 0.29) is 0 Å². The third-order valence-corrected chi connectivity index (χ3v) is 4.98. The lowest BCUT2D eigenvalue weighted by Crippen LogP contribution is -2.15. The van der Waals surface area contributed by atoms with Crippen LogP contribution in [0.1, 0.15) is 29.9 Å². The van der Waals surface area contributed by atoms with Gasteiger partial charge in [0.05, 0.1) is 0 Å². The van der Waals surface area contributed by atoms with Gasteiger partial charge in [0.2, 0.25) is 0 Å². The highest BCUT2D eigenvalue weighted by Gasteiger charge is 2.21. The summed E-state index contributed by atoms with van der Waals surface area (Å²) in [5, 5.41) is 0. The zero-order valence-electron chi connectivity index (χ0n) is 15.7. The molecule has 1 atom stereocenters. The average Bonchev–Trinajstić information content (AvgIpc) is 2.64. The van der Waals surface area contributed by atoms with Gasteiger partial charge >= 0.3 is 0 Å². The first kappa shape index (κ1) is 17.3. The highest BCUT2D eigenvalue weighted by atomic mass is 15.1. The Morgan fingerprint density at radius 1 is 0.680 bits per heavy atom. The second-order valence-corrected chi connectivity index (χ2v) is 7.12. The fourth-order valence-corrected chi connectivity index (χ4v) is 3.49. The first-order valence-electron chi connectivity index (χ1n) is 8.95. The molecule has 2 nitrogen and oxygen atoms in total. The predicted octanol–water partition coefficient (Wildman–Crippen LogP) is 5.05. The van der Waals surface area contributed by atoms with Gasteiger partial charge in [0, 0.05) is 45.5 Å². The number of rotatable bonds is 5. The van der Waals surface area contributed by atoms with Crippen molar-refractivity contribution in [3.8, 4) is 0 Å². The lowest BCUT2D eigenvalue weighted by molar-refractivity contribution is 0.481. The molecule has 2 aromatic carbocycles. The van der Waals surface area contributed by atoms with Crippen molar-refractivity contribution in [2.45, 2.75) is 18.8 Å². The maximum absolute atomic E-state index is 2.33. The van der Waals surface area contributed by atoms with Crippen molar-refractivity contribution in [2.24, 2.45) is 0 Å². The van der Waals surface area contributed by atoms with Crippen molar-refractivity contribution in [3.05, 3.63) is 89.1 Å². The lowest BCUT2D eigenvalue weighted by atomic mass is 9.81. The van der Waals surface area contributed by atoms with Crippen LogP contribution in [0.4, 0.5) is 5.69 Å². The largest absolute Gasteiger partial charge is 0.381 e. The second-order valence-electron chi connectivity index (χ2n) is 7.12. The minimum Gasteiger partial charge on any atom is -0.381 e. The van der Waals surface area contributed by atoms with E-state index in [0.29, 0.717) is 5.92 Å². The number of hydrogen-bond donors (Lipinski definition) is 0. The molecule has 3 rings (SSSR count). The molecule has 2 aromatic rings. The number of allylic oxidation sites excluding steroid dienone is 4. The van der Waals surface area contributed by atoms with Gasteiger partial charge in [-0.2, -0.15) is 0 Å². The smallest absolute Gasteiger partial charge is 0.0361 e. The highest BCUT2D eigenvalue weighted by Crippen LogP contribution is 2.37. The first-order valence-corrected chi connectivity index (χ1v) is 8.95. The normalized spacial score (nSPS) is 15.2. The number of benzene rings is 2. The van der Waals surface area contributed by atoms with Crippen molar-refractivity contribution in [1.82, 2.24) is 4.90 Å². The Bertz CT molecular complexity index is 752. The Labute approximate surface area is 152 Å². The van der Waals surface area contributed by atoms with E-state index < -0.39 is 0 Å². The van der Waals surface area contributed by atoms with Crippen LogP contribution >= 0.6 is 0 Å². The third kappa shape index (κ3) is 3.96. The lowest BCUT2D eigenvalue weighted by Gasteiger charge is -2.27. The Hall–Kier alpha value is -2.48. The average molecular weight is 332 g/mol. The van der Waals surface area contributed by atoms with E-state index in [9.17, 15) is 0 Å². The molecule has 0 saturated carbocycles. The minimum absolute atomic E-state index is 0.331. The molecule has 0 aromatic heterocycles. The molecule has 0 heterocycles. The Morgan fingerprint density at radius 3 is 1.84 bits per heavy atom. The zero-order valence-corrected chi connectivity index (χ0v) is 15.7. The molecule has 130 valence electrons. The topological polar surface area (TPSA) is 6.48 Å². The fourth-order valence-electron chi connectivity index (χ4n) is 3.49. The van der Waals surface area contributed by atoms with E-state index in [4.69, 9.17) is 0 Å². The van der Waals surface area contributed by atoms with Crippen molar-refractivity contribution >= 4 is 5.69 Å². The molecular weight excluding hydrogens is 304 g/mol. The van der Waals surface area contributed by atoms with Crippen LogP contribution in [0.25, 0.3) is 0 Å². The van der Waals surface area contributed by atoms with Gasteiger partial charge in [-0.3, -0.25) is 0 Å². The summed E-state index contributed by atoms with van der Waals surface area (Å²) >= 11 is 0. The molecule has 2 heteroatoms. The van der Waals surface area contributed by atoms with Gasteiger partial charge in [0.15, 0.2) is 0 Å². The van der Waals surface area contributed by atoms with Gasteiger partial charge in [-0.25, -0.2) is 0 Å². The maximum atomic E-state index is 2.33. The van der Waals surface area contributed by atoms with Crippen LogP contribution in [0.2, 0.25) is 0 Å². The SMILES string of the molecule is CN(C)C1=CC=C(C(c2ccccc2)c2ccc(N(C)C)cc2)CC1. The van der Waals surface area contributed by atoms with Crippen LogP contribution in [-0.4, -0.2) is 33.1 Å². The van der Waals surface area contributed by atoms with Crippen LogP contribution in [0.15, 0.2) is 78.0 Å². The third-order valence-electron chi connectivity index (χ3n) is 4.98. The molecule has 0 bridgehead atoms. The summed E-state index contributed by atoms with van der Waals surface area (Å²) in [5.74, 6) is 0.331. The van der Waals surface area contributed by atoms with Crippen LogP contribution in [0.5, 0.6) is 0 Å². The van der Waals surface area contributed by atoms with Gasteiger partial charge in [-0.05, 0) is 42.2 Å². The van der Waals surface area contributed by atoms with Gasteiger partial charge in [0.25, 0.3) is 0 Å². The fraction of sp³-hybridized carbons (Fsp3) is 0.304. The minimum atomic E-state index is 0.331. The molecular formula is C23H28N2. The predicted molar refractivity (Wildman–Crippen MR) is 108 cm³/mol. The van der Waals surface area contributed by atoms with Crippen LogP contribution in [0, 0.1) is 0 Å². The molecule has 0 saturated heterocycles. The summed E-state index contributed by atoms with van der Waals surface area (Å²) in [5.41, 5.74) is 6.87. The van der Waals surface area contributed by atoms with E-state index in [0.717, 1.165) is 12.8 Å². The summed E-state index contributed by atoms with van der Waals surface area (Å²) < 4.78 is 0. The van der Waals surface area contributed by atoms with E-state index in [1.165, 1.54) is 28.1 Å². The first-order chi connectivity index (χ1) is 12.1. The molecule has 1 unspecified atom stereocenters. The zero-order chi connectivity index (χ0) is 17.8. The molecule has 0 radical (unpaired) electrons. The maximum Gasteiger partial charge on any atom is 0.0361 e.